The summed E-state index contributed by atoms with van der Waals surface area (Å²) in [6.45, 7) is 4.22. The van der Waals surface area contributed by atoms with Gasteiger partial charge in [0, 0.05) is 0 Å². The summed E-state index contributed by atoms with van der Waals surface area (Å²) in [5, 5.41) is 0. The minimum atomic E-state index is -4.38. The molecule has 0 fully saturated rings. The molecule has 2 nitrogen and oxygen atoms in total. The second kappa shape index (κ2) is 8.74. The quantitative estimate of drug-likeness (QED) is 0.427. The van der Waals surface area contributed by atoms with Crippen molar-refractivity contribution in [3.05, 3.63) is 83.4 Å². The molecule has 0 aromatic heterocycles. The van der Waals surface area contributed by atoms with Crippen LogP contribution in [-0.4, -0.2) is 13.1 Å². The summed E-state index contributed by atoms with van der Waals surface area (Å²) in [5.74, 6) is 0.0393. The minimum absolute atomic E-state index is 0.126. The Balaban J connectivity index is 2.08. The van der Waals surface area contributed by atoms with Gasteiger partial charge in [-0.1, -0.05) is 62.4 Å². The van der Waals surface area contributed by atoms with Crippen LogP contribution in [0.15, 0.2) is 66.7 Å². The number of hydrogen-bond acceptors (Lipinski definition) is 2. The second-order valence-corrected chi connectivity index (χ2v) is 7.48. The predicted octanol–water partition coefficient (Wildman–Crippen LogP) is 6.88. The molecule has 3 aromatic carbocycles. The van der Waals surface area contributed by atoms with Gasteiger partial charge in [-0.05, 0) is 57.5 Å². The topological polar surface area (TPSA) is 26.3 Å². The highest BCUT2D eigenvalue weighted by atomic mass is 19.4. The van der Waals surface area contributed by atoms with Crippen molar-refractivity contribution in [3.63, 3.8) is 0 Å². The molecule has 0 aliphatic carbocycles. The Labute approximate surface area is 174 Å². The third kappa shape index (κ3) is 4.90. The molecule has 0 N–H and O–H groups in total. The fourth-order valence-corrected chi connectivity index (χ4v) is 3.32. The number of methoxy groups -OCH3 is 1. The average molecular weight is 412 g/mol. The van der Waals surface area contributed by atoms with E-state index in [2.05, 4.69) is 13.8 Å². The number of hydrogen-bond donors (Lipinski definition) is 0. The molecule has 3 aromatic rings. The summed E-state index contributed by atoms with van der Waals surface area (Å²) in [6.07, 6.45) is -4.25. The molecule has 0 bridgehead atoms. The Morgan fingerprint density at radius 2 is 1.43 bits per heavy atom. The first-order valence-electron chi connectivity index (χ1n) is 9.66. The number of ether oxygens (including phenoxy) is 1. The maximum absolute atomic E-state index is 12.9. The number of alkyl halides is 3. The van der Waals surface area contributed by atoms with E-state index in [4.69, 9.17) is 4.74 Å². The highest BCUT2D eigenvalue weighted by Gasteiger charge is 2.30. The smallest absolute Gasteiger partial charge is 0.416 e. The first kappa shape index (κ1) is 21.6. The molecule has 0 unspecified atom stereocenters. The Morgan fingerprint density at radius 1 is 0.867 bits per heavy atom. The SMILES string of the molecule is COC(=O)Cc1ccc(-c2ccc(C(F)(F)F)cc2)c(-c2ccc(C(C)C)cc2)c1. The van der Waals surface area contributed by atoms with Gasteiger partial charge in [0.2, 0.25) is 0 Å². The van der Waals surface area contributed by atoms with Gasteiger partial charge in [-0.25, -0.2) is 0 Å². The summed E-state index contributed by atoms with van der Waals surface area (Å²) in [6, 6.07) is 18.8. The van der Waals surface area contributed by atoms with Crippen LogP contribution >= 0.6 is 0 Å². The van der Waals surface area contributed by atoms with Crippen molar-refractivity contribution in [1.29, 1.82) is 0 Å². The van der Waals surface area contributed by atoms with Gasteiger partial charge in [0.05, 0.1) is 19.1 Å². The van der Waals surface area contributed by atoms with E-state index in [9.17, 15) is 18.0 Å². The van der Waals surface area contributed by atoms with Crippen LogP contribution in [0.3, 0.4) is 0 Å². The van der Waals surface area contributed by atoms with Gasteiger partial charge in [-0.2, -0.15) is 13.2 Å². The lowest BCUT2D eigenvalue weighted by molar-refractivity contribution is -0.140. The first-order chi connectivity index (χ1) is 14.2. The van der Waals surface area contributed by atoms with E-state index < -0.39 is 11.7 Å². The Hall–Kier alpha value is -3.08. The van der Waals surface area contributed by atoms with Crippen molar-refractivity contribution in [2.75, 3.05) is 7.11 Å². The average Bonchev–Trinajstić information content (AvgIpc) is 2.73. The van der Waals surface area contributed by atoms with Crippen LogP contribution in [0.1, 0.15) is 36.5 Å². The van der Waals surface area contributed by atoms with Crippen molar-refractivity contribution in [2.24, 2.45) is 0 Å². The van der Waals surface area contributed by atoms with Crippen LogP contribution in [0.25, 0.3) is 22.3 Å². The summed E-state index contributed by atoms with van der Waals surface area (Å²) in [7, 11) is 1.34. The standard InChI is InChI=1S/C25H23F3O2/c1-16(2)18-5-7-20(8-6-18)23-14-17(15-24(29)30-3)4-13-22(23)19-9-11-21(12-10-19)25(26,27)28/h4-14,16H,15H2,1-3H3. The van der Waals surface area contributed by atoms with E-state index in [1.165, 1.54) is 24.8 Å². The molecule has 3 rings (SSSR count). The predicted molar refractivity (Wildman–Crippen MR) is 112 cm³/mol. The van der Waals surface area contributed by atoms with E-state index in [0.29, 0.717) is 11.5 Å². The molecule has 0 saturated carbocycles. The Bertz CT molecular complexity index is 1020. The van der Waals surface area contributed by atoms with Gasteiger partial charge in [0.1, 0.15) is 0 Å². The zero-order valence-electron chi connectivity index (χ0n) is 17.1. The van der Waals surface area contributed by atoms with Gasteiger partial charge in [-0.3, -0.25) is 4.79 Å². The largest absolute Gasteiger partial charge is 0.469 e. The monoisotopic (exact) mass is 412 g/mol. The van der Waals surface area contributed by atoms with E-state index in [0.717, 1.165) is 34.4 Å². The van der Waals surface area contributed by atoms with E-state index in [1.807, 2.05) is 36.4 Å². The molecule has 0 aliphatic rings. The third-order valence-electron chi connectivity index (χ3n) is 5.07. The van der Waals surface area contributed by atoms with Crippen LogP contribution in [0.4, 0.5) is 13.2 Å². The third-order valence-corrected chi connectivity index (χ3v) is 5.07. The second-order valence-electron chi connectivity index (χ2n) is 7.48. The molecule has 30 heavy (non-hydrogen) atoms. The molecule has 0 atom stereocenters. The molecule has 0 spiro atoms. The van der Waals surface area contributed by atoms with E-state index in [1.54, 1.807) is 6.07 Å². The lowest BCUT2D eigenvalue weighted by Crippen LogP contribution is -2.05. The van der Waals surface area contributed by atoms with Gasteiger partial charge >= 0.3 is 12.1 Å². The lowest BCUT2D eigenvalue weighted by atomic mass is 9.90. The number of benzene rings is 3. The fraction of sp³-hybridized carbons (Fsp3) is 0.240. The van der Waals surface area contributed by atoms with Crippen LogP contribution in [0, 0.1) is 0 Å². The van der Waals surface area contributed by atoms with Crippen LogP contribution < -0.4 is 0 Å². The molecular weight excluding hydrogens is 389 g/mol. The lowest BCUT2D eigenvalue weighted by Gasteiger charge is -2.15. The van der Waals surface area contributed by atoms with Crippen LogP contribution in [0.2, 0.25) is 0 Å². The van der Waals surface area contributed by atoms with Crippen molar-refractivity contribution in [3.8, 4) is 22.3 Å². The zero-order valence-corrected chi connectivity index (χ0v) is 17.1. The molecule has 0 aliphatic heterocycles. The fourth-order valence-electron chi connectivity index (χ4n) is 3.32. The van der Waals surface area contributed by atoms with Crippen LogP contribution in [0.5, 0.6) is 0 Å². The van der Waals surface area contributed by atoms with Crippen molar-refractivity contribution < 1.29 is 22.7 Å². The molecule has 0 saturated heterocycles. The van der Waals surface area contributed by atoms with Crippen molar-refractivity contribution >= 4 is 5.97 Å². The molecule has 0 heterocycles. The molecule has 156 valence electrons. The van der Waals surface area contributed by atoms with E-state index in [-0.39, 0.29) is 12.4 Å². The number of rotatable bonds is 5. The maximum atomic E-state index is 12.9. The van der Waals surface area contributed by atoms with Gasteiger partial charge in [0.25, 0.3) is 0 Å². The Kier molecular flexibility index (Phi) is 6.30. The summed E-state index contributed by atoms with van der Waals surface area (Å²) in [5.41, 5.74) is 4.55. The first-order valence-corrected chi connectivity index (χ1v) is 9.66. The van der Waals surface area contributed by atoms with Gasteiger partial charge in [0.15, 0.2) is 0 Å². The molecule has 5 heteroatoms. The zero-order chi connectivity index (χ0) is 21.9. The normalized spacial score (nSPS) is 11.6. The minimum Gasteiger partial charge on any atom is -0.469 e. The molecular formula is C25H23F3O2. The summed E-state index contributed by atoms with van der Waals surface area (Å²) >= 11 is 0. The highest BCUT2D eigenvalue weighted by Crippen LogP contribution is 2.36. The highest BCUT2D eigenvalue weighted by molar-refractivity contribution is 5.85. The summed E-state index contributed by atoms with van der Waals surface area (Å²) in [4.78, 5) is 11.7. The molecule has 0 radical (unpaired) electrons. The number of esters is 1. The van der Waals surface area contributed by atoms with Crippen molar-refractivity contribution in [2.45, 2.75) is 32.4 Å². The van der Waals surface area contributed by atoms with E-state index >= 15 is 0 Å². The Morgan fingerprint density at radius 3 is 1.97 bits per heavy atom. The number of halogens is 3. The van der Waals surface area contributed by atoms with Gasteiger partial charge < -0.3 is 4.74 Å². The van der Waals surface area contributed by atoms with Crippen molar-refractivity contribution in [1.82, 2.24) is 0 Å². The van der Waals surface area contributed by atoms with Crippen LogP contribution in [-0.2, 0) is 22.1 Å². The summed E-state index contributed by atoms with van der Waals surface area (Å²) < 4.78 is 43.6. The van der Waals surface area contributed by atoms with Gasteiger partial charge in [-0.15, -0.1) is 0 Å². The molecule has 0 amide bonds. The number of carbonyl (C=O) groups is 1. The number of carbonyl (C=O) groups excluding carboxylic acids is 1. The maximum Gasteiger partial charge on any atom is 0.416 e.